The Morgan fingerprint density at radius 1 is 1.15 bits per heavy atom. The van der Waals surface area contributed by atoms with Crippen molar-refractivity contribution in [3.8, 4) is 11.5 Å². The molecule has 7 heteroatoms. The summed E-state index contributed by atoms with van der Waals surface area (Å²) < 4.78 is 13.2. The molecule has 1 saturated carbocycles. The maximum absolute atomic E-state index is 13.5. The van der Waals surface area contributed by atoms with Crippen molar-refractivity contribution in [1.29, 1.82) is 0 Å². The number of carbonyl (C=O) groups is 2. The van der Waals surface area contributed by atoms with Crippen LogP contribution in [0.1, 0.15) is 59.5 Å². The van der Waals surface area contributed by atoms with E-state index in [1.807, 2.05) is 43.3 Å². The number of hydrogen-bond acceptors (Lipinski definition) is 5. The van der Waals surface area contributed by atoms with E-state index in [-0.39, 0.29) is 18.4 Å². The number of amides is 1. The first-order valence-electron chi connectivity index (χ1n) is 12.2. The third-order valence-electron chi connectivity index (χ3n) is 7.32. The summed E-state index contributed by atoms with van der Waals surface area (Å²) in [6.07, 6.45) is 7.67. The van der Waals surface area contributed by atoms with Gasteiger partial charge in [-0.3, -0.25) is 4.79 Å². The zero-order valence-electron chi connectivity index (χ0n) is 20.3. The second-order valence-corrected chi connectivity index (χ2v) is 9.80. The maximum atomic E-state index is 13.5. The van der Waals surface area contributed by atoms with E-state index in [1.165, 1.54) is 31.9 Å². The Labute approximate surface area is 200 Å². The molecule has 1 aliphatic heterocycles. The van der Waals surface area contributed by atoms with Crippen LogP contribution in [-0.2, 0) is 22.6 Å². The molecule has 3 heterocycles. The maximum Gasteiger partial charge on any atom is 0.337 e. The normalized spacial score (nSPS) is 16.9. The van der Waals surface area contributed by atoms with E-state index in [2.05, 4.69) is 9.47 Å². The van der Waals surface area contributed by atoms with Crippen molar-refractivity contribution < 1.29 is 18.7 Å². The third-order valence-corrected chi connectivity index (χ3v) is 7.32. The first kappa shape index (κ1) is 22.7. The predicted molar refractivity (Wildman–Crippen MR) is 131 cm³/mol. The van der Waals surface area contributed by atoms with Gasteiger partial charge in [0.2, 0.25) is 5.91 Å². The third kappa shape index (κ3) is 4.02. The van der Waals surface area contributed by atoms with Crippen LogP contribution in [0.4, 0.5) is 0 Å². The highest BCUT2D eigenvalue weighted by Crippen LogP contribution is 2.46. The van der Waals surface area contributed by atoms with Crippen LogP contribution >= 0.6 is 0 Å². The topological polar surface area (TPSA) is 67.9 Å². The van der Waals surface area contributed by atoms with Gasteiger partial charge in [0.25, 0.3) is 0 Å². The quantitative estimate of drug-likeness (QED) is 0.516. The molecule has 0 atom stereocenters. The van der Waals surface area contributed by atoms with Crippen molar-refractivity contribution in [3.05, 3.63) is 47.2 Å². The molecule has 0 unspecified atom stereocenters. The van der Waals surface area contributed by atoms with Crippen LogP contribution in [-0.4, -0.2) is 60.5 Å². The molecular weight excluding hydrogens is 430 g/mol. The Morgan fingerprint density at radius 3 is 2.68 bits per heavy atom. The zero-order valence-corrected chi connectivity index (χ0v) is 20.3. The fourth-order valence-corrected chi connectivity index (χ4v) is 5.56. The lowest BCUT2D eigenvalue weighted by molar-refractivity contribution is -0.132. The van der Waals surface area contributed by atoms with E-state index in [4.69, 9.17) is 9.15 Å². The van der Waals surface area contributed by atoms with E-state index >= 15 is 0 Å². The first-order valence-corrected chi connectivity index (χ1v) is 12.2. The number of likely N-dealkylation sites (N-methyl/N-ethyl adjacent to an activating group) is 1. The lowest BCUT2D eigenvalue weighted by Crippen LogP contribution is -2.39. The summed E-state index contributed by atoms with van der Waals surface area (Å²) in [5.41, 5.74) is 4.68. The second-order valence-electron chi connectivity index (χ2n) is 9.80. The van der Waals surface area contributed by atoms with Gasteiger partial charge in [0.1, 0.15) is 6.54 Å². The number of furan rings is 1. The fourth-order valence-electron chi connectivity index (χ4n) is 5.56. The molecule has 0 bridgehead atoms. The van der Waals surface area contributed by atoms with E-state index in [0.29, 0.717) is 24.6 Å². The van der Waals surface area contributed by atoms with Crippen LogP contribution in [0.15, 0.2) is 34.9 Å². The predicted octanol–water partition coefficient (Wildman–Crippen LogP) is 4.64. The van der Waals surface area contributed by atoms with Crippen molar-refractivity contribution in [2.75, 3.05) is 34.3 Å². The van der Waals surface area contributed by atoms with E-state index in [0.717, 1.165) is 47.3 Å². The highest BCUT2D eigenvalue weighted by atomic mass is 16.5. The molecule has 3 aromatic rings. The number of nitrogens with zero attached hydrogens (tertiary/aromatic N) is 3. The van der Waals surface area contributed by atoms with Crippen LogP contribution in [0.3, 0.4) is 0 Å². The van der Waals surface area contributed by atoms with Gasteiger partial charge in [-0.05, 0) is 56.6 Å². The number of benzene rings is 1. The van der Waals surface area contributed by atoms with Crippen LogP contribution < -0.4 is 0 Å². The van der Waals surface area contributed by atoms with Crippen LogP contribution in [0, 0.1) is 0 Å². The van der Waals surface area contributed by atoms with Gasteiger partial charge >= 0.3 is 5.97 Å². The molecule has 1 amide bonds. The largest absolute Gasteiger partial charge is 0.465 e. The van der Waals surface area contributed by atoms with Crippen molar-refractivity contribution >= 4 is 22.8 Å². The number of fused-ring (bicyclic) bond motifs is 5. The molecule has 0 spiro atoms. The molecule has 1 fully saturated rings. The van der Waals surface area contributed by atoms with Gasteiger partial charge in [0.15, 0.2) is 5.76 Å². The summed E-state index contributed by atoms with van der Waals surface area (Å²) in [5, 5.41) is 1.10. The van der Waals surface area contributed by atoms with Crippen LogP contribution in [0.2, 0.25) is 0 Å². The molecule has 0 radical (unpaired) electrons. The van der Waals surface area contributed by atoms with Gasteiger partial charge in [-0.25, -0.2) is 4.79 Å². The SMILES string of the molecule is COC(=O)c1ccc2c(C3CCCCC3)c3n(c2c1)CC(=O)N(CCN(C)C)Cc1ccoc1-3. The molecule has 0 N–H and O–H groups in total. The van der Waals surface area contributed by atoms with Gasteiger partial charge in [-0.15, -0.1) is 0 Å². The van der Waals surface area contributed by atoms with E-state index in [9.17, 15) is 9.59 Å². The molecule has 180 valence electrons. The zero-order chi connectivity index (χ0) is 23.8. The van der Waals surface area contributed by atoms with Gasteiger partial charge in [0.05, 0.1) is 30.1 Å². The highest BCUT2D eigenvalue weighted by Gasteiger charge is 2.33. The number of methoxy groups -OCH3 is 1. The number of rotatable bonds is 5. The Bertz CT molecular complexity index is 1220. The minimum absolute atomic E-state index is 0.0746. The minimum Gasteiger partial charge on any atom is -0.465 e. The monoisotopic (exact) mass is 463 g/mol. The second kappa shape index (κ2) is 9.29. The summed E-state index contributed by atoms with van der Waals surface area (Å²) >= 11 is 0. The molecule has 1 aromatic carbocycles. The fraction of sp³-hybridized carbons (Fsp3) is 0.481. The van der Waals surface area contributed by atoms with Gasteiger partial charge in [-0.2, -0.15) is 0 Å². The first-order chi connectivity index (χ1) is 16.5. The molecule has 1 aliphatic carbocycles. The van der Waals surface area contributed by atoms with Crippen molar-refractivity contribution in [2.45, 2.75) is 51.1 Å². The standard InChI is InChI=1S/C27H33N3O4/c1-28(2)12-13-29-16-20-11-14-34-26(20)25-24(18-7-5-4-6-8-18)21-10-9-19(27(32)33-3)15-22(21)30(25)17-23(29)31/h9-11,14-15,18H,4-8,12-13,16-17H2,1-3H3. The van der Waals surface area contributed by atoms with Gasteiger partial charge in [0, 0.05) is 30.6 Å². The number of hydrogen-bond donors (Lipinski definition) is 0. The lowest BCUT2D eigenvalue weighted by Gasteiger charge is -2.28. The summed E-state index contributed by atoms with van der Waals surface area (Å²) in [4.78, 5) is 29.9. The van der Waals surface area contributed by atoms with Crippen LogP contribution in [0.5, 0.6) is 0 Å². The Morgan fingerprint density at radius 2 is 1.94 bits per heavy atom. The lowest BCUT2D eigenvalue weighted by atomic mass is 9.82. The average Bonchev–Trinajstić information content (AvgIpc) is 3.41. The van der Waals surface area contributed by atoms with E-state index in [1.54, 1.807) is 6.26 Å². The highest BCUT2D eigenvalue weighted by molar-refractivity contribution is 5.99. The molecule has 2 aromatic heterocycles. The van der Waals surface area contributed by atoms with Crippen LogP contribution in [0.25, 0.3) is 22.4 Å². The number of esters is 1. The molecule has 2 aliphatic rings. The molecule has 5 rings (SSSR count). The van der Waals surface area contributed by atoms with Crippen molar-refractivity contribution in [2.24, 2.45) is 0 Å². The number of ether oxygens (including phenoxy) is 1. The summed E-state index contributed by atoms with van der Waals surface area (Å²) in [5.74, 6) is 0.957. The minimum atomic E-state index is -0.375. The Hall–Kier alpha value is -3.06. The van der Waals surface area contributed by atoms with Gasteiger partial charge < -0.3 is 23.5 Å². The Balaban J connectivity index is 1.72. The molecular formula is C27H33N3O4. The summed E-state index contributed by atoms with van der Waals surface area (Å²) in [6, 6.07) is 7.73. The molecule has 7 nitrogen and oxygen atoms in total. The smallest absolute Gasteiger partial charge is 0.337 e. The summed E-state index contributed by atoms with van der Waals surface area (Å²) in [7, 11) is 5.42. The van der Waals surface area contributed by atoms with Gasteiger partial charge in [-0.1, -0.05) is 25.3 Å². The number of aromatic nitrogens is 1. The number of carbonyl (C=O) groups excluding carboxylic acids is 2. The van der Waals surface area contributed by atoms with E-state index < -0.39 is 0 Å². The molecule has 34 heavy (non-hydrogen) atoms. The molecule has 0 saturated heterocycles. The van der Waals surface area contributed by atoms with Crippen molar-refractivity contribution in [1.82, 2.24) is 14.4 Å². The summed E-state index contributed by atoms with van der Waals surface area (Å²) in [6.45, 7) is 2.19. The Kier molecular flexibility index (Phi) is 6.21. The van der Waals surface area contributed by atoms with Crippen molar-refractivity contribution in [3.63, 3.8) is 0 Å². The average molecular weight is 464 g/mol.